The van der Waals surface area contributed by atoms with Crippen molar-refractivity contribution in [3.8, 4) is 26.6 Å². The molecule has 0 spiro atoms. The van der Waals surface area contributed by atoms with Crippen LogP contribution in [0.3, 0.4) is 0 Å². The number of thiophene rings is 1. The van der Waals surface area contributed by atoms with Crippen molar-refractivity contribution < 1.29 is 19.1 Å². The van der Waals surface area contributed by atoms with Crippen molar-refractivity contribution in [2.45, 2.75) is 12.8 Å². The largest absolute Gasteiger partial charge is 0.469 e. The van der Waals surface area contributed by atoms with Gasteiger partial charge in [-0.05, 0) is 11.1 Å². The molecule has 4 nitrogen and oxygen atoms in total. The lowest BCUT2D eigenvalue weighted by Gasteiger charge is -2.05. The summed E-state index contributed by atoms with van der Waals surface area (Å²) in [7, 11) is 1.30. The first kappa shape index (κ1) is 17.9. The van der Waals surface area contributed by atoms with Crippen LogP contribution in [-0.2, 0) is 14.3 Å². The molecule has 0 aliphatic carbocycles. The minimum absolute atomic E-state index is 0.00564. The Kier molecular flexibility index (Phi) is 5.81. The van der Waals surface area contributed by atoms with Gasteiger partial charge in [0, 0.05) is 10.9 Å². The van der Waals surface area contributed by atoms with Crippen LogP contribution in [0.2, 0.25) is 0 Å². The third-order valence-corrected chi connectivity index (χ3v) is 4.99. The van der Waals surface area contributed by atoms with Crippen LogP contribution in [-0.4, -0.2) is 19.0 Å². The van der Waals surface area contributed by atoms with Crippen LogP contribution in [0.4, 0.5) is 0 Å². The van der Waals surface area contributed by atoms with Gasteiger partial charge in [0.1, 0.15) is 5.75 Å². The van der Waals surface area contributed by atoms with Crippen LogP contribution in [0, 0.1) is 0 Å². The van der Waals surface area contributed by atoms with E-state index in [-0.39, 0.29) is 12.8 Å². The molecule has 26 heavy (non-hydrogen) atoms. The van der Waals surface area contributed by atoms with Crippen LogP contribution in [0.15, 0.2) is 66.7 Å². The van der Waals surface area contributed by atoms with Gasteiger partial charge in [0.2, 0.25) is 0 Å². The molecular weight excluding hydrogens is 348 g/mol. The monoisotopic (exact) mass is 366 g/mol. The molecule has 0 bridgehead atoms. The zero-order valence-electron chi connectivity index (χ0n) is 14.3. The maximum atomic E-state index is 12.1. The molecule has 1 aromatic heterocycles. The first-order valence-corrected chi connectivity index (χ1v) is 9.01. The van der Waals surface area contributed by atoms with E-state index in [9.17, 15) is 9.59 Å². The summed E-state index contributed by atoms with van der Waals surface area (Å²) in [6, 6.07) is 21.6. The Labute approximate surface area is 156 Å². The lowest BCUT2D eigenvalue weighted by molar-refractivity contribution is -0.144. The molecule has 2 aromatic carbocycles. The lowest BCUT2D eigenvalue weighted by atomic mass is 10.1. The van der Waals surface area contributed by atoms with Gasteiger partial charge in [0.25, 0.3) is 0 Å². The Morgan fingerprint density at radius 1 is 0.846 bits per heavy atom. The van der Waals surface area contributed by atoms with E-state index >= 15 is 0 Å². The number of carbonyl (C=O) groups is 2. The van der Waals surface area contributed by atoms with Gasteiger partial charge in [0.05, 0.1) is 24.8 Å². The predicted octanol–water partition coefficient (Wildman–Crippen LogP) is 4.94. The molecule has 0 aliphatic rings. The van der Waals surface area contributed by atoms with Crippen LogP contribution in [0.5, 0.6) is 5.75 Å². The van der Waals surface area contributed by atoms with Gasteiger partial charge in [-0.3, -0.25) is 9.59 Å². The third-order valence-electron chi connectivity index (χ3n) is 3.78. The summed E-state index contributed by atoms with van der Waals surface area (Å²) in [6.45, 7) is 0. The van der Waals surface area contributed by atoms with Gasteiger partial charge >= 0.3 is 11.9 Å². The van der Waals surface area contributed by atoms with E-state index < -0.39 is 11.9 Å². The molecule has 0 radical (unpaired) electrons. The van der Waals surface area contributed by atoms with Crippen LogP contribution < -0.4 is 4.74 Å². The van der Waals surface area contributed by atoms with Crippen molar-refractivity contribution >= 4 is 23.3 Å². The van der Waals surface area contributed by atoms with Gasteiger partial charge in [0.15, 0.2) is 0 Å². The maximum absolute atomic E-state index is 12.1. The summed E-state index contributed by atoms with van der Waals surface area (Å²) >= 11 is 1.57. The van der Waals surface area contributed by atoms with Crippen molar-refractivity contribution in [2.24, 2.45) is 0 Å². The summed E-state index contributed by atoms with van der Waals surface area (Å²) < 4.78 is 10.1. The summed E-state index contributed by atoms with van der Waals surface area (Å²) in [5.41, 5.74) is 2.04. The Bertz CT molecular complexity index is 885. The topological polar surface area (TPSA) is 52.6 Å². The fourth-order valence-electron chi connectivity index (χ4n) is 2.47. The van der Waals surface area contributed by atoms with E-state index in [1.54, 1.807) is 11.3 Å². The molecule has 0 N–H and O–H groups in total. The Hall–Kier alpha value is -2.92. The SMILES string of the molecule is COC(=O)CCC(=O)Oc1cc(-c2ccccc2)sc1-c1ccccc1. The highest BCUT2D eigenvalue weighted by Gasteiger charge is 2.17. The lowest BCUT2D eigenvalue weighted by Crippen LogP contribution is -2.11. The van der Waals surface area contributed by atoms with Crippen LogP contribution in [0.25, 0.3) is 20.9 Å². The molecule has 132 valence electrons. The summed E-state index contributed by atoms with van der Waals surface area (Å²) in [5.74, 6) is -0.375. The predicted molar refractivity (Wildman–Crippen MR) is 102 cm³/mol. The molecule has 0 unspecified atom stereocenters. The first-order chi connectivity index (χ1) is 12.7. The second-order valence-corrected chi connectivity index (χ2v) is 6.64. The molecule has 0 saturated carbocycles. The molecule has 5 heteroatoms. The van der Waals surface area contributed by atoms with E-state index in [2.05, 4.69) is 4.74 Å². The molecule has 1 heterocycles. The zero-order chi connectivity index (χ0) is 18.4. The molecule has 0 fully saturated rings. The summed E-state index contributed by atoms with van der Waals surface area (Å²) in [6.07, 6.45) is -0.0108. The van der Waals surface area contributed by atoms with E-state index in [0.717, 1.165) is 20.9 Å². The number of hydrogen-bond donors (Lipinski definition) is 0. The number of methoxy groups -OCH3 is 1. The smallest absolute Gasteiger partial charge is 0.311 e. The highest BCUT2D eigenvalue weighted by Crippen LogP contribution is 2.43. The Morgan fingerprint density at radius 2 is 1.42 bits per heavy atom. The van der Waals surface area contributed by atoms with Gasteiger partial charge in [-0.1, -0.05) is 60.7 Å². The average molecular weight is 366 g/mol. The maximum Gasteiger partial charge on any atom is 0.311 e. The molecule has 3 aromatic rings. The van der Waals surface area contributed by atoms with Crippen molar-refractivity contribution in [3.63, 3.8) is 0 Å². The number of esters is 2. The van der Waals surface area contributed by atoms with Crippen molar-refractivity contribution in [3.05, 3.63) is 66.7 Å². The quantitative estimate of drug-likeness (QED) is 0.580. The fourth-order valence-corrected chi connectivity index (χ4v) is 3.56. The Morgan fingerprint density at radius 3 is 2.04 bits per heavy atom. The first-order valence-electron chi connectivity index (χ1n) is 8.19. The molecule has 0 atom stereocenters. The fraction of sp³-hybridized carbons (Fsp3) is 0.143. The highest BCUT2D eigenvalue weighted by molar-refractivity contribution is 7.19. The van der Waals surface area contributed by atoms with Crippen molar-refractivity contribution in [1.82, 2.24) is 0 Å². The van der Waals surface area contributed by atoms with Crippen LogP contribution >= 0.6 is 11.3 Å². The second kappa shape index (κ2) is 8.45. The standard InChI is InChI=1S/C21H18O4S/c1-24-19(22)12-13-20(23)25-17-14-18(15-8-4-2-5-9-15)26-21(17)16-10-6-3-7-11-16/h2-11,14H,12-13H2,1H3. The number of rotatable bonds is 6. The molecule has 0 saturated heterocycles. The van der Waals surface area contributed by atoms with Gasteiger partial charge in [-0.15, -0.1) is 11.3 Å². The number of carbonyl (C=O) groups excluding carboxylic acids is 2. The third kappa shape index (κ3) is 4.37. The number of hydrogen-bond acceptors (Lipinski definition) is 5. The highest BCUT2D eigenvalue weighted by atomic mass is 32.1. The number of ether oxygens (including phenoxy) is 2. The second-order valence-electron chi connectivity index (χ2n) is 5.59. The average Bonchev–Trinajstić information content (AvgIpc) is 3.11. The molecule has 0 amide bonds. The van der Waals surface area contributed by atoms with Crippen LogP contribution in [0.1, 0.15) is 12.8 Å². The van der Waals surface area contributed by atoms with E-state index in [1.165, 1.54) is 7.11 Å². The zero-order valence-corrected chi connectivity index (χ0v) is 15.1. The Balaban J connectivity index is 1.88. The molecular formula is C21H18O4S. The van der Waals surface area contributed by atoms with Crippen molar-refractivity contribution in [1.29, 1.82) is 0 Å². The van der Waals surface area contributed by atoms with Gasteiger partial charge in [-0.2, -0.15) is 0 Å². The molecule has 0 aliphatic heterocycles. The van der Waals surface area contributed by atoms with Gasteiger partial charge < -0.3 is 9.47 Å². The van der Waals surface area contributed by atoms with E-state index in [4.69, 9.17) is 4.74 Å². The number of benzene rings is 2. The molecule has 3 rings (SSSR count). The van der Waals surface area contributed by atoms with Crippen molar-refractivity contribution in [2.75, 3.05) is 7.11 Å². The van der Waals surface area contributed by atoms with Gasteiger partial charge in [-0.25, -0.2) is 0 Å². The summed E-state index contributed by atoms with van der Waals surface area (Å²) in [5, 5.41) is 0. The van der Waals surface area contributed by atoms with E-state index in [0.29, 0.717) is 5.75 Å². The minimum atomic E-state index is -0.454. The normalized spacial score (nSPS) is 10.3. The minimum Gasteiger partial charge on any atom is -0.469 e. The summed E-state index contributed by atoms with van der Waals surface area (Å²) in [4.78, 5) is 25.3. The van der Waals surface area contributed by atoms with E-state index in [1.807, 2.05) is 66.7 Å².